The predicted molar refractivity (Wildman–Crippen MR) is 199 cm³/mol. The zero-order chi connectivity index (χ0) is 36.9. The molecule has 5 unspecified atom stereocenters. The molecule has 2 heterocycles. The molecule has 0 N–H and O–H groups in total. The van der Waals surface area contributed by atoms with Gasteiger partial charge >= 0.3 is 0 Å². The molecule has 0 bridgehead atoms. The van der Waals surface area contributed by atoms with Gasteiger partial charge in [0.05, 0.1) is 0 Å². The van der Waals surface area contributed by atoms with Crippen LogP contribution in [-0.4, -0.2) is 11.2 Å². The molecule has 0 radical (unpaired) electrons. The van der Waals surface area contributed by atoms with Crippen LogP contribution < -0.4 is 18.9 Å². The van der Waals surface area contributed by atoms with E-state index in [0.29, 0.717) is 34.1 Å². The van der Waals surface area contributed by atoms with E-state index in [1.807, 2.05) is 0 Å². The number of hydrogen-bond donors (Lipinski definition) is 0. The van der Waals surface area contributed by atoms with Gasteiger partial charge in [0.15, 0.2) is 34.5 Å². The third-order valence-electron chi connectivity index (χ3n) is 15.1. The third kappa shape index (κ3) is 3.82. The lowest BCUT2D eigenvalue weighted by Gasteiger charge is -2.58. The summed E-state index contributed by atoms with van der Waals surface area (Å²) < 4.78 is 27.3. The Bertz CT molecular complexity index is 2170. The van der Waals surface area contributed by atoms with Gasteiger partial charge in [-0.3, -0.25) is 0 Å². The van der Waals surface area contributed by atoms with Crippen molar-refractivity contribution >= 4 is 0 Å². The number of hydrogen-bond acceptors (Lipinski definition) is 6. The van der Waals surface area contributed by atoms with E-state index in [1.54, 1.807) is 0 Å². The molecule has 0 saturated carbocycles. The third-order valence-corrected chi connectivity index (χ3v) is 15.1. The van der Waals surface area contributed by atoms with Crippen molar-refractivity contribution in [3.05, 3.63) is 68.8 Å². The number of benzene rings is 3. The molecule has 3 aliphatic carbocycles. The summed E-state index contributed by atoms with van der Waals surface area (Å²) in [5.74, 6) is 3.58. The van der Waals surface area contributed by atoms with Crippen molar-refractivity contribution in [2.24, 2.45) is 0 Å². The highest BCUT2D eigenvalue weighted by Gasteiger charge is 2.61. The SMILES string of the molecule is CCC1(C)Oc2cc3c(cc2OC1(C)CC)C1(CC(C)(C)c2cc4c(cc21)Oc1c(C#N)c2c(c(C#N)c1O4)C(C)(CC)C2(C)CC)CC3(C)C. The predicted octanol–water partition coefficient (Wildman–Crippen LogP) is 11.4. The Hall–Kier alpha value is -4.16. The van der Waals surface area contributed by atoms with Crippen molar-refractivity contribution in [3.63, 3.8) is 0 Å². The molecule has 1 spiro atoms. The van der Waals surface area contributed by atoms with Gasteiger partial charge in [0.1, 0.15) is 34.5 Å². The van der Waals surface area contributed by atoms with Crippen molar-refractivity contribution < 1.29 is 18.9 Å². The second-order valence-electron chi connectivity index (χ2n) is 18.2. The summed E-state index contributed by atoms with van der Waals surface area (Å²) in [4.78, 5) is 0. The van der Waals surface area contributed by atoms with Crippen LogP contribution in [0.5, 0.6) is 34.5 Å². The molecule has 0 aromatic heterocycles. The van der Waals surface area contributed by atoms with E-state index >= 15 is 0 Å². The number of fused-ring (bicyclic) bond motifs is 8. The van der Waals surface area contributed by atoms with Gasteiger partial charge in [0.25, 0.3) is 0 Å². The minimum Gasteiger partial charge on any atom is -0.480 e. The summed E-state index contributed by atoms with van der Waals surface area (Å²) >= 11 is 0. The summed E-state index contributed by atoms with van der Waals surface area (Å²) in [6, 6.07) is 13.8. The van der Waals surface area contributed by atoms with Crippen LogP contribution in [0.3, 0.4) is 0 Å². The summed E-state index contributed by atoms with van der Waals surface area (Å²) in [5.41, 5.74) is 5.94. The molecule has 3 aromatic rings. The summed E-state index contributed by atoms with van der Waals surface area (Å²) in [6.07, 6.45) is 5.25. The lowest BCUT2D eigenvalue weighted by molar-refractivity contribution is -0.125. The highest BCUT2D eigenvalue weighted by atomic mass is 16.6. The molecule has 0 fully saturated rings. The van der Waals surface area contributed by atoms with Crippen molar-refractivity contribution in [2.75, 3.05) is 0 Å². The van der Waals surface area contributed by atoms with E-state index in [2.05, 4.69) is 119 Å². The Morgan fingerprint density at radius 3 is 1.24 bits per heavy atom. The molecular weight excluding hydrogens is 633 g/mol. The molecule has 8 rings (SSSR count). The molecule has 2 aliphatic heterocycles. The normalized spacial score (nSPS) is 32.2. The van der Waals surface area contributed by atoms with E-state index < -0.39 is 11.2 Å². The molecule has 0 amide bonds. The number of nitrogens with zero attached hydrogens (tertiary/aromatic N) is 2. The second-order valence-corrected chi connectivity index (χ2v) is 18.2. The molecule has 0 saturated heterocycles. The van der Waals surface area contributed by atoms with Crippen LogP contribution in [0.15, 0.2) is 24.3 Å². The minimum absolute atomic E-state index is 0.117. The van der Waals surface area contributed by atoms with Gasteiger partial charge in [-0.15, -0.1) is 0 Å². The van der Waals surface area contributed by atoms with Crippen LogP contribution in [0, 0.1) is 22.7 Å². The van der Waals surface area contributed by atoms with Gasteiger partial charge in [-0.05, 0) is 121 Å². The van der Waals surface area contributed by atoms with Crippen LogP contribution in [0.4, 0.5) is 0 Å². The first-order valence-electron chi connectivity index (χ1n) is 19.0. The summed E-state index contributed by atoms with van der Waals surface area (Å²) in [5, 5.41) is 21.3. The Morgan fingerprint density at radius 2 is 0.882 bits per heavy atom. The smallest absolute Gasteiger partial charge is 0.189 e. The van der Waals surface area contributed by atoms with Gasteiger partial charge in [-0.2, -0.15) is 10.5 Å². The lowest BCUT2D eigenvalue weighted by Crippen LogP contribution is -2.59. The lowest BCUT2D eigenvalue weighted by atomic mass is 9.44. The molecule has 5 aliphatic rings. The number of ether oxygens (including phenoxy) is 4. The second kappa shape index (κ2) is 10.0. The van der Waals surface area contributed by atoms with Crippen molar-refractivity contribution in [1.82, 2.24) is 0 Å². The highest BCUT2D eigenvalue weighted by molar-refractivity contribution is 5.78. The molecule has 51 heavy (non-hydrogen) atoms. The number of rotatable bonds is 4. The molecular formula is C45H52N2O4. The maximum absolute atomic E-state index is 10.7. The van der Waals surface area contributed by atoms with Crippen LogP contribution in [0.2, 0.25) is 0 Å². The summed E-state index contributed by atoms with van der Waals surface area (Å²) in [6.45, 7) is 26.8. The molecule has 6 heteroatoms. The van der Waals surface area contributed by atoms with Crippen LogP contribution >= 0.6 is 0 Å². The quantitative estimate of drug-likeness (QED) is 0.213. The standard InChI is InChI=1S/C45H52N2O4/c1-13-41(9)35-25(21-46)37-38(26(22-47)36(35)42(41,10)14-2)49-32-19-29-27(17-31(32)48-37)39(5,6)23-45(29)24-40(7,8)28-18-33-34(20-30(28)45)51-44(12,16-4)43(11,15-3)50-33/h17-20H,13-16,23-24H2,1-12H3. The van der Waals surface area contributed by atoms with Gasteiger partial charge in [0.2, 0.25) is 0 Å². The molecule has 266 valence electrons. The molecule has 3 aromatic carbocycles. The van der Waals surface area contributed by atoms with Crippen LogP contribution in [-0.2, 0) is 27.1 Å². The fourth-order valence-electron chi connectivity index (χ4n) is 11.3. The van der Waals surface area contributed by atoms with E-state index in [9.17, 15) is 10.5 Å². The zero-order valence-electron chi connectivity index (χ0n) is 32.6. The van der Waals surface area contributed by atoms with Gasteiger partial charge in [-0.1, -0.05) is 69.2 Å². The monoisotopic (exact) mass is 684 g/mol. The topological polar surface area (TPSA) is 84.5 Å². The zero-order valence-corrected chi connectivity index (χ0v) is 32.6. The Balaban J connectivity index is 1.31. The first-order valence-corrected chi connectivity index (χ1v) is 19.0. The van der Waals surface area contributed by atoms with E-state index in [4.69, 9.17) is 18.9 Å². The highest BCUT2D eigenvalue weighted by Crippen LogP contribution is 2.69. The largest absolute Gasteiger partial charge is 0.480 e. The van der Waals surface area contributed by atoms with Gasteiger partial charge in [0, 0.05) is 16.2 Å². The fraction of sp³-hybridized carbons (Fsp3) is 0.556. The Labute approximate surface area is 304 Å². The Kier molecular flexibility index (Phi) is 6.68. The first kappa shape index (κ1) is 34.0. The van der Waals surface area contributed by atoms with Crippen molar-refractivity contribution in [1.29, 1.82) is 10.5 Å². The average molecular weight is 685 g/mol. The maximum atomic E-state index is 10.7. The molecule has 5 atom stereocenters. The first-order chi connectivity index (χ1) is 23.9. The van der Waals surface area contributed by atoms with Crippen molar-refractivity contribution in [3.8, 4) is 46.6 Å². The average Bonchev–Trinajstić information content (AvgIpc) is 3.45. The van der Waals surface area contributed by atoms with Gasteiger partial charge in [-0.25, -0.2) is 0 Å². The minimum atomic E-state index is -0.459. The van der Waals surface area contributed by atoms with Gasteiger partial charge < -0.3 is 18.9 Å². The fourth-order valence-corrected chi connectivity index (χ4v) is 11.3. The molecule has 6 nitrogen and oxygen atoms in total. The van der Waals surface area contributed by atoms with E-state index in [-0.39, 0.29) is 27.1 Å². The van der Waals surface area contributed by atoms with E-state index in [0.717, 1.165) is 61.2 Å². The number of nitriles is 2. The Morgan fingerprint density at radius 1 is 0.529 bits per heavy atom. The van der Waals surface area contributed by atoms with Crippen LogP contribution in [0.1, 0.15) is 166 Å². The van der Waals surface area contributed by atoms with Crippen LogP contribution in [0.25, 0.3) is 0 Å². The van der Waals surface area contributed by atoms with E-state index in [1.165, 1.54) is 22.3 Å². The summed E-state index contributed by atoms with van der Waals surface area (Å²) in [7, 11) is 0. The maximum Gasteiger partial charge on any atom is 0.189 e. The van der Waals surface area contributed by atoms with Crippen molar-refractivity contribution in [2.45, 2.75) is 160 Å².